The van der Waals surface area contributed by atoms with Crippen molar-refractivity contribution in [2.75, 3.05) is 18.5 Å². The van der Waals surface area contributed by atoms with Gasteiger partial charge in [-0.05, 0) is 70.9 Å². The van der Waals surface area contributed by atoms with Gasteiger partial charge >= 0.3 is 12.3 Å². The third kappa shape index (κ3) is 8.19. The normalized spacial score (nSPS) is 20.9. The summed E-state index contributed by atoms with van der Waals surface area (Å²) in [6.45, 7) is 5.78. The number of rotatable bonds is 10. The first-order valence-electron chi connectivity index (χ1n) is 15.5. The molecule has 1 aromatic carbocycles. The molecule has 46 heavy (non-hydrogen) atoms. The van der Waals surface area contributed by atoms with Gasteiger partial charge in [-0.2, -0.15) is 18.3 Å². The number of anilines is 2. The maximum Gasteiger partial charge on any atom is 0.434 e. The van der Waals surface area contributed by atoms with Gasteiger partial charge in [-0.3, -0.25) is 0 Å². The quantitative estimate of drug-likeness (QED) is 0.209. The fraction of sp³-hybridized carbons (Fsp3) is 0.567. The van der Waals surface area contributed by atoms with E-state index in [1.807, 2.05) is 0 Å². The van der Waals surface area contributed by atoms with Crippen LogP contribution in [0.3, 0.4) is 0 Å². The standard InChI is InChI=1S/C30H39F3N6O5S2/c1-4-34-46(41,42)23-17-21(35-24-14-15-39(38-24)25-7-5-6-16-43-25)12-13-22(23)26-27(30(31,32)33)37-28(45-26)19-8-10-20(11-9-19)36-29(40)44-18(2)3/h12-15,17-20,25,34H,4-11,16H2,1-3H3,(H,35,38)(H,36,40)/t19-,20-,25?. The predicted molar refractivity (Wildman–Crippen MR) is 168 cm³/mol. The van der Waals surface area contributed by atoms with Crippen LogP contribution in [-0.4, -0.2) is 54.6 Å². The number of alkyl carbamates (subject to hydrolysis) is 1. The molecule has 1 amide bonds. The van der Waals surface area contributed by atoms with Crippen LogP contribution < -0.4 is 15.4 Å². The van der Waals surface area contributed by atoms with Crippen LogP contribution >= 0.6 is 11.3 Å². The summed E-state index contributed by atoms with van der Waals surface area (Å²) in [5, 5.41) is 10.7. The molecule has 3 N–H and O–H groups in total. The van der Waals surface area contributed by atoms with E-state index in [0.717, 1.165) is 30.6 Å². The minimum Gasteiger partial charge on any atom is -0.447 e. The van der Waals surface area contributed by atoms with E-state index >= 15 is 0 Å². The van der Waals surface area contributed by atoms with Crippen LogP contribution in [0.1, 0.15) is 88.6 Å². The number of alkyl halides is 3. The number of hydrogen-bond donors (Lipinski definition) is 3. The summed E-state index contributed by atoms with van der Waals surface area (Å²) in [7, 11) is -4.20. The highest BCUT2D eigenvalue weighted by molar-refractivity contribution is 7.89. The van der Waals surface area contributed by atoms with Gasteiger partial charge in [-0.1, -0.05) is 13.0 Å². The molecule has 0 spiro atoms. The third-order valence-electron chi connectivity index (χ3n) is 7.83. The molecule has 0 bridgehead atoms. The summed E-state index contributed by atoms with van der Waals surface area (Å²) in [6.07, 6.45) is 0.944. The summed E-state index contributed by atoms with van der Waals surface area (Å²) in [4.78, 5) is 15.5. The first-order valence-corrected chi connectivity index (χ1v) is 17.8. The molecule has 3 aromatic rings. The maximum absolute atomic E-state index is 14.4. The average Bonchev–Trinajstić information content (AvgIpc) is 3.66. The first-order chi connectivity index (χ1) is 21.8. The predicted octanol–water partition coefficient (Wildman–Crippen LogP) is 6.93. The Balaban J connectivity index is 1.43. The van der Waals surface area contributed by atoms with Crippen LogP contribution in [0, 0.1) is 0 Å². The Hall–Kier alpha value is -3.21. The Bertz CT molecular complexity index is 1610. The lowest BCUT2D eigenvalue weighted by atomic mass is 9.86. The minimum atomic E-state index is -4.81. The number of carbonyl (C=O) groups is 1. The Morgan fingerprint density at radius 1 is 1.15 bits per heavy atom. The highest BCUT2D eigenvalue weighted by atomic mass is 32.2. The average molecular weight is 685 g/mol. The van der Waals surface area contributed by atoms with Gasteiger partial charge in [0.1, 0.15) is 6.23 Å². The monoisotopic (exact) mass is 684 g/mol. The van der Waals surface area contributed by atoms with Crippen LogP contribution in [0.4, 0.5) is 29.5 Å². The summed E-state index contributed by atoms with van der Waals surface area (Å²) >= 11 is 0.862. The zero-order chi connectivity index (χ0) is 33.1. The van der Waals surface area contributed by atoms with Crippen molar-refractivity contribution >= 4 is 39.0 Å². The molecule has 2 fully saturated rings. The molecule has 5 rings (SSSR count). The summed E-state index contributed by atoms with van der Waals surface area (Å²) in [5.74, 6) is 0.171. The molecule has 2 aromatic heterocycles. The number of hydrogen-bond acceptors (Lipinski definition) is 9. The fourth-order valence-electron chi connectivity index (χ4n) is 5.71. The Morgan fingerprint density at radius 2 is 1.91 bits per heavy atom. The number of ether oxygens (including phenoxy) is 2. The number of aromatic nitrogens is 3. The molecule has 3 heterocycles. The van der Waals surface area contributed by atoms with E-state index in [2.05, 4.69) is 25.4 Å². The first kappa shape index (κ1) is 34.1. The molecular weight excluding hydrogens is 645 g/mol. The zero-order valence-electron chi connectivity index (χ0n) is 25.9. The second kappa shape index (κ2) is 14.3. The Morgan fingerprint density at radius 3 is 2.57 bits per heavy atom. The van der Waals surface area contributed by atoms with Gasteiger partial charge in [-0.25, -0.2) is 27.6 Å². The van der Waals surface area contributed by atoms with E-state index in [1.54, 1.807) is 37.7 Å². The molecule has 1 aliphatic carbocycles. The topological polar surface area (TPSA) is 136 Å². The molecule has 1 saturated carbocycles. The second-order valence-corrected chi connectivity index (χ2v) is 14.5. The number of nitrogens with one attached hydrogen (secondary N) is 3. The largest absolute Gasteiger partial charge is 0.447 e. The molecule has 2 aliphatic rings. The summed E-state index contributed by atoms with van der Waals surface area (Å²) in [5.41, 5.74) is -0.862. The molecule has 1 atom stereocenters. The van der Waals surface area contributed by atoms with Crippen LogP contribution in [-0.2, 0) is 25.7 Å². The van der Waals surface area contributed by atoms with Gasteiger partial charge in [0.05, 0.1) is 20.9 Å². The number of nitrogens with zero attached hydrogens (tertiary/aromatic N) is 3. The van der Waals surface area contributed by atoms with Crippen molar-refractivity contribution < 1.29 is 35.9 Å². The van der Waals surface area contributed by atoms with Gasteiger partial charge in [0.25, 0.3) is 0 Å². The van der Waals surface area contributed by atoms with E-state index in [-0.39, 0.29) is 51.2 Å². The van der Waals surface area contributed by atoms with Gasteiger partial charge in [0.15, 0.2) is 11.5 Å². The van der Waals surface area contributed by atoms with Crippen LogP contribution in [0.2, 0.25) is 0 Å². The zero-order valence-corrected chi connectivity index (χ0v) is 27.5. The Labute approximate surface area is 270 Å². The molecule has 1 aliphatic heterocycles. The number of benzene rings is 1. The van der Waals surface area contributed by atoms with Gasteiger partial charge in [0.2, 0.25) is 10.0 Å². The molecule has 11 nitrogen and oxygen atoms in total. The van der Waals surface area contributed by atoms with Gasteiger partial charge in [-0.15, -0.1) is 11.3 Å². The molecule has 16 heteroatoms. The second-order valence-electron chi connectivity index (χ2n) is 11.7. The van der Waals surface area contributed by atoms with Crippen molar-refractivity contribution in [2.24, 2.45) is 0 Å². The van der Waals surface area contributed by atoms with Crippen molar-refractivity contribution in [1.82, 2.24) is 24.8 Å². The molecular formula is C30H39F3N6O5S2. The lowest BCUT2D eigenvalue weighted by Gasteiger charge is -2.28. The van der Waals surface area contributed by atoms with E-state index in [9.17, 15) is 26.4 Å². The lowest BCUT2D eigenvalue weighted by Crippen LogP contribution is -2.38. The highest BCUT2D eigenvalue weighted by Gasteiger charge is 2.40. The number of sulfonamides is 1. The lowest BCUT2D eigenvalue weighted by molar-refractivity contribution is -0.140. The van der Waals surface area contributed by atoms with Gasteiger partial charge < -0.3 is 20.1 Å². The smallest absolute Gasteiger partial charge is 0.434 e. The molecule has 0 radical (unpaired) electrons. The third-order valence-corrected chi connectivity index (χ3v) is 10.7. The minimum absolute atomic E-state index is 0.0489. The Kier molecular flexibility index (Phi) is 10.6. The van der Waals surface area contributed by atoms with E-state index in [4.69, 9.17) is 9.47 Å². The van der Waals surface area contributed by atoms with Crippen molar-refractivity contribution in [3.63, 3.8) is 0 Å². The van der Waals surface area contributed by atoms with Crippen molar-refractivity contribution in [3.8, 4) is 10.4 Å². The van der Waals surface area contributed by atoms with Crippen molar-refractivity contribution in [1.29, 1.82) is 0 Å². The number of halogens is 3. The highest BCUT2D eigenvalue weighted by Crippen LogP contribution is 2.46. The van der Waals surface area contributed by atoms with E-state index < -0.39 is 28.0 Å². The van der Waals surface area contributed by atoms with Crippen LogP contribution in [0.15, 0.2) is 35.4 Å². The molecule has 1 saturated heterocycles. The number of thiazole rings is 1. The van der Waals surface area contributed by atoms with Gasteiger partial charge in [0, 0.05) is 48.6 Å². The summed E-state index contributed by atoms with van der Waals surface area (Å²) < 4.78 is 85.0. The van der Waals surface area contributed by atoms with Crippen LogP contribution in [0.25, 0.3) is 10.4 Å². The van der Waals surface area contributed by atoms with Crippen molar-refractivity contribution in [3.05, 3.63) is 41.2 Å². The maximum atomic E-state index is 14.4. The molecule has 1 unspecified atom stereocenters. The fourth-order valence-corrected chi connectivity index (χ4v) is 8.34. The van der Waals surface area contributed by atoms with Crippen LogP contribution in [0.5, 0.6) is 0 Å². The van der Waals surface area contributed by atoms with E-state index in [1.165, 1.54) is 18.2 Å². The van der Waals surface area contributed by atoms with Crippen molar-refractivity contribution in [2.45, 2.75) is 101 Å². The number of carbonyl (C=O) groups excluding carboxylic acids is 1. The number of amides is 1. The molecule has 252 valence electrons. The van der Waals surface area contributed by atoms with E-state index in [0.29, 0.717) is 43.8 Å². The summed E-state index contributed by atoms with van der Waals surface area (Å²) in [6, 6.07) is 5.79. The SMILES string of the molecule is CCNS(=O)(=O)c1cc(Nc2ccn(C3CCCCO3)n2)ccc1-c1sc([C@H]2CC[C@H](NC(=O)OC(C)C)CC2)nc1C(F)(F)F.